The molecule has 0 radical (unpaired) electrons. The number of aromatic nitrogens is 4. The molecule has 0 aliphatic rings. The molecule has 26 heavy (non-hydrogen) atoms. The lowest BCUT2D eigenvalue weighted by molar-refractivity contribution is 0.758. The summed E-state index contributed by atoms with van der Waals surface area (Å²) in [6, 6.07) is 12.6. The molecule has 3 aromatic heterocycles. The Kier molecular flexibility index (Phi) is 4.33. The number of hydrogen-bond acceptors (Lipinski definition) is 4. The van der Waals surface area contributed by atoms with Gasteiger partial charge < -0.3 is 0 Å². The highest BCUT2D eigenvalue weighted by atomic mass is 14.8. The van der Waals surface area contributed by atoms with Gasteiger partial charge in [0.2, 0.25) is 0 Å². The number of rotatable bonds is 4. The van der Waals surface area contributed by atoms with E-state index in [1.165, 1.54) is 11.1 Å². The molecule has 0 saturated carbocycles. The molecule has 0 spiro atoms. The van der Waals surface area contributed by atoms with Gasteiger partial charge in [-0.2, -0.15) is 0 Å². The van der Waals surface area contributed by atoms with Gasteiger partial charge in [-0.1, -0.05) is 26.8 Å². The van der Waals surface area contributed by atoms with Crippen molar-refractivity contribution in [2.75, 3.05) is 0 Å². The summed E-state index contributed by atoms with van der Waals surface area (Å²) < 4.78 is 0. The summed E-state index contributed by atoms with van der Waals surface area (Å²) in [6.45, 7) is 6.56. The molecule has 1 aromatic carbocycles. The van der Waals surface area contributed by atoms with Crippen LogP contribution in [0.2, 0.25) is 0 Å². The zero-order chi connectivity index (χ0) is 18.1. The first-order valence-electron chi connectivity index (χ1n) is 9.06. The number of hydrogen-bond donors (Lipinski definition) is 0. The van der Waals surface area contributed by atoms with Crippen LogP contribution in [0.25, 0.3) is 22.1 Å². The van der Waals surface area contributed by atoms with Crippen molar-refractivity contribution in [2.24, 2.45) is 0 Å². The standard InChI is InChI=1S/C22H22N4/c1-14(2)18-6-7-20-22(26-18)11-16(13-25-20)10-15(3)17-4-5-19-21(12-17)24-9-8-23-19/h4-9,11-15H,10H2,1-3H3. The van der Waals surface area contributed by atoms with E-state index in [1.54, 1.807) is 12.4 Å². The summed E-state index contributed by atoms with van der Waals surface area (Å²) in [4.78, 5) is 18.1. The average molecular weight is 342 g/mol. The molecule has 0 aliphatic heterocycles. The summed E-state index contributed by atoms with van der Waals surface area (Å²) in [6.07, 6.45) is 6.35. The SMILES string of the molecule is CC(C)c1ccc2ncc(CC(C)c3ccc4nccnc4c3)cc2n1. The third-order valence-corrected chi connectivity index (χ3v) is 4.81. The maximum absolute atomic E-state index is 4.78. The van der Waals surface area contributed by atoms with E-state index in [0.29, 0.717) is 11.8 Å². The molecule has 130 valence electrons. The second-order valence-corrected chi connectivity index (χ2v) is 7.18. The molecule has 4 nitrogen and oxygen atoms in total. The van der Waals surface area contributed by atoms with E-state index in [4.69, 9.17) is 4.98 Å². The first-order valence-corrected chi connectivity index (χ1v) is 9.06. The highest BCUT2D eigenvalue weighted by Gasteiger charge is 2.10. The van der Waals surface area contributed by atoms with Crippen molar-refractivity contribution >= 4 is 22.1 Å². The Morgan fingerprint density at radius 1 is 0.769 bits per heavy atom. The summed E-state index contributed by atoms with van der Waals surface area (Å²) in [5.41, 5.74) is 7.38. The minimum absolute atomic E-state index is 0.369. The van der Waals surface area contributed by atoms with E-state index in [1.807, 2.05) is 12.3 Å². The molecule has 3 heterocycles. The van der Waals surface area contributed by atoms with Crippen molar-refractivity contribution in [1.29, 1.82) is 0 Å². The molecule has 0 amide bonds. The minimum Gasteiger partial charge on any atom is -0.254 e. The van der Waals surface area contributed by atoms with Crippen LogP contribution >= 0.6 is 0 Å². The van der Waals surface area contributed by atoms with Gasteiger partial charge in [0.1, 0.15) is 0 Å². The summed E-state index contributed by atoms with van der Waals surface area (Å²) >= 11 is 0. The first-order chi connectivity index (χ1) is 12.6. The first kappa shape index (κ1) is 16.6. The van der Waals surface area contributed by atoms with Crippen LogP contribution in [0.5, 0.6) is 0 Å². The van der Waals surface area contributed by atoms with Gasteiger partial charge in [-0.15, -0.1) is 0 Å². The third-order valence-electron chi connectivity index (χ3n) is 4.81. The van der Waals surface area contributed by atoms with Crippen LogP contribution in [-0.2, 0) is 6.42 Å². The fraction of sp³-hybridized carbons (Fsp3) is 0.273. The molecular formula is C22H22N4. The third kappa shape index (κ3) is 3.27. The van der Waals surface area contributed by atoms with Gasteiger partial charge in [0.15, 0.2) is 0 Å². The quantitative estimate of drug-likeness (QED) is 0.521. The topological polar surface area (TPSA) is 51.6 Å². The zero-order valence-corrected chi connectivity index (χ0v) is 15.3. The molecular weight excluding hydrogens is 320 g/mol. The monoisotopic (exact) mass is 342 g/mol. The Morgan fingerprint density at radius 3 is 2.31 bits per heavy atom. The normalized spacial score (nSPS) is 12.8. The van der Waals surface area contributed by atoms with Gasteiger partial charge in [0.25, 0.3) is 0 Å². The summed E-state index contributed by atoms with van der Waals surface area (Å²) in [7, 11) is 0. The van der Waals surface area contributed by atoms with Gasteiger partial charge in [-0.3, -0.25) is 19.9 Å². The van der Waals surface area contributed by atoms with Crippen molar-refractivity contribution in [3.05, 3.63) is 71.8 Å². The second-order valence-electron chi connectivity index (χ2n) is 7.18. The highest BCUT2D eigenvalue weighted by Crippen LogP contribution is 2.24. The highest BCUT2D eigenvalue weighted by molar-refractivity contribution is 5.75. The molecule has 0 aliphatic carbocycles. The van der Waals surface area contributed by atoms with Crippen molar-refractivity contribution in [3.8, 4) is 0 Å². The van der Waals surface area contributed by atoms with E-state index in [-0.39, 0.29) is 0 Å². The number of nitrogens with zero attached hydrogens (tertiary/aromatic N) is 4. The number of pyridine rings is 2. The van der Waals surface area contributed by atoms with Crippen LogP contribution in [0.3, 0.4) is 0 Å². The van der Waals surface area contributed by atoms with Gasteiger partial charge in [-0.05, 0) is 59.7 Å². The van der Waals surface area contributed by atoms with Gasteiger partial charge >= 0.3 is 0 Å². The van der Waals surface area contributed by atoms with Gasteiger partial charge in [0.05, 0.1) is 22.1 Å². The number of fused-ring (bicyclic) bond motifs is 2. The lowest BCUT2D eigenvalue weighted by atomic mass is 9.94. The summed E-state index contributed by atoms with van der Waals surface area (Å²) in [5, 5.41) is 0. The Morgan fingerprint density at radius 2 is 1.50 bits per heavy atom. The van der Waals surface area contributed by atoms with E-state index in [2.05, 4.69) is 66.1 Å². The van der Waals surface area contributed by atoms with Gasteiger partial charge in [0, 0.05) is 24.3 Å². The predicted octanol–water partition coefficient (Wildman–Crippen LogP) is 5.04. The Labute approximate surface area is 153 Å². The minimum atomic E-state index is 0.369. The van der Waals surface area contributed by atoms with Crippen LogP contribution in [0.15, 0.2) is 55.0 Å². The smallest absolute Gasteiger partial charge is 0.0892 e. The van der Waals surface area contributed by atoms with Crippen LogP contribution < -0.4 is 0 Å². The van der Waals surface area contributed by atoms with E-state index >= 15 is 0 Å². The zero-order valence-electron chi connectivity index (χ0n) is 15.3. The van der Waals surface area contributed by atoms with Crippen molar-refractivity contribution in [1.82, 2.24) is 19.9 Å². The Bertz CT molecular complexity index is 1070. The maximum atomic E-state index is 4.78. The van der Waals surface area contributed by atoms with E-state index in [0.717, 1.165) is 34.2 Å². The van der Waals surface area contributed by atoms with Crippen molar-refractivity contribution in [2.45, 2.75) is 39.0 Å². The molecule has 4 rings (SSSR count). The van der Waals surface area contributed by atoms with Crippen LogP contribution in [0.4, 0.5) is 0 Å². The van der Waals surface area contributed by atoms with E-state index in [9.17, 15) is 0 Å². The molecule has 4 heteroatoms. The van der Waals surface area contributed by atoms with Crippen molar-refractivity contribution < 1.29 is 0 Å². The van der Waals surface area contributed by atoms with E-state index < -0.39 is 0 Å². The Hall–Kier alpha value is -2.88. The van der Waals surface area contributed by atoms with Crippen LogP contribution in [-0.4, -0.2) is 19.9 Å². The Balaban J connectivity index is 1.62. The largest absolute Gasteiger partial charge is 0.254 e. The fourth-order valence-corrected chi connectivity index (χ4v) is 3.26. The van der Waals surface area contributed by atoms with Crippen LogP contribution in [0.1, 0.15) is 49.4 Å². The second kappa shape index (κ2) is 6.79. The van der Waals surface area contributed by atoms with Crippen molar-refractivity contribution in [3.63, 3.8) is 0 Å². The molecule has 1 atom stereocenters. The molecule has 4 aromatic rings. The molecule has 0 bridgehead atoms. The lowest BCUT2D eigenvalue weighted by Crippen LogP contribution is -2.01. The predicted molar refractivity (Wildman–Crippen MR) is 105 cm³/mol. The molecule has 1 unspecified atom stereocenters. The lowest BCUT2D eigenvalue weighted by Gasteiger charge is -2.13. The molecule has 0 fully saturated rings. The molecule has 0 N–H and O–H groups in total. The summed E-state index contributed by atoms with van der Waals surface area (Å²) in [5.74, 6) is 0.787. The molecule has 0 saturated heterocycles. The number of benzene rings is 1. The fourth-order valence-electron chi connectivity index (χ4n) is 3.26. The average Bonchev–Trinajstić information content (AvgIpc) is 2.67. The maximum Gasteiger partial charge on any atom is 0.0892 e. The van der Waals surface area contributed by atoms with Gasteiger partial charge in [-0.25, -0.2) is 0 Å². The van der Waals surface area contributed by atoms with Crippen LogP contribution in [0, 0.1) is 0 Å².